The molecule has 0 bridgehead atoms. The van der Waals surface area contributed by atoms with Crippen molar-refractivity contribution in [1.29, 1.82) is 0 Å². The SMILES string of the molecule is Cc1ncc(-c2ccc3cnc(NC(=O)CC4CNCCO4)cc3c2)o1. The van der Waals surface area contributed by atoms with E-state index in [9.17, 15) is 4.79 Å². The molecule has 1 unspecified atom stereocenters. The highest BCUT2D eigenvalue weighted by molar-refractivity contribution is 5.94. The molecule has 2 aromatic heterocycles. The van der Waals surface area contributed by atoms with Crippen LogP contribution in [0.25, 0.3) is 22.1 Å². The van der Waals surface area contributed by atoms with Gasteiger partial charge < -0.3 is 19.8 Å². The fourth-order valence-corrected chi connectivity index (χ4v) is 3.01. The van der Waals surface area contributed by atoms with Crippen LogP contribution in [0, 0.1) is 6.92 Å². The number of nitrogens with one attached hydrogen (secondary N) is 2. The number of benzene rings is 1. The summed E-state index contributed by atoms with van der Waals surface area (Å²) in [5, 5.41) is 8.03. The van der Waals surface area contributed by atoms with Gasteiger partial charge in [-0.1, -0.05) is 12.1 Å². The number of rotatable bonds is 4. The number of pyridine rings is 1. The zero-order valence-corrected chi connectivity index (χ0v) is 14.5. The van der Waals surface area contributed by atoms with E-state index in [0.717, 1.165) is 22.9 Å². The van der Waals surface area contributed by atoms with Gasteiger partial charge in [-0.05, 0) is 17.5 Å². The number of anilines is 1. The molecule has 0 aliphatic carbocycles. The molecule has 7 heteroatoms. The maximum absolute atomic E-state index is 12.2. The molecular weight excluding hydrogens is 332 g/mol. The fourth-order valence-electron chi connectivity index (χ4n) is 3.01. The first-order valence-corrected chi connectivity index (χ1v) is 8.62. The predicted molar refractivity (Wildman–Crippen MR) is 97.8 cm³/mol. The maximum atomic E-state index is 12.2. The van der Waals surface area contributed by atoms with Crippen LogP contribution in [0.5, 0.6) is 0 Å². The Kier molecular flexibility index (Phi) is 4.64. The molecule has 3 aromatic rings. The Bertz CT molecular complexity index is 931. The van der Waals surface area contributed by atoms with Gasteiger partial charge in [-0.15, -0.1) is 0 Å². The number of fused-ring (bicyclic) bond motifs is 1. The summed E-state index contributed by atoms with van der Waals surface area (Å²) in [5.41, 5.74) is 0.934. The lowest BCUT2D eigenvalue weighted by Crippen LogP contribution is -2.40. The third-order valence-electron chi connectivity index (χ3n) is 4.31. The minimum atomic E-state index is -0.104. The Hall–Kier alpha value is -2.77. The number of hydrogen-bond acceptors (Lipinski definition) is 6. The second kappa shape index (κ2) is 7.23. The van der Waals surface area contributed by atoms with E-state index in [0.29, 0.717) is 37.0 Å². The summed E-state index contributed by atoms with van der Waals surface area (Å²) in [6.07, 6.45) is 3.67. The van der Waals surface area contributed by atoms with E-state index in [4.69, 9.17) is 9.15 Å². The topological polar surface area (TPSA) is 89.3 Å². The van der Waals surface area contributed by atoms with Crippen molar-refractivity contribution in [3.63, 3.8) is 0 Å². The summed E-state index contributed by atoms with van der Waals surface area (Å²) >= 11 is 0. The summed E-state index contributed by atoms with van der Waals surface area (Å²) in [7, 11) is 0. The van der Waals surface area contributed by atoms with Gasteiger partial charge in [0.2, 0.25) is 5.91 Å². The van der Waals surface area contributed by atoms with E-state index >= 15 is 0 Å². The average molecular weight is 352 g/mol. The van der Waals surface area contributed by atoms with Crippen molar-refractivity contribution in [3.05, 3.63) is 42.5 Å². The number of oxazole rings is 1. The van der Waals surface area contributed by atoms with Crippen LogP contribution in [0.15, 0.2) is 41.1 Å². The van der Waals surface area contributed by atoms with E-state index in [1.807, 2.05) is 31.2 Å². The third-order valence-corrected chi connectivity index (χ3v) is 4.31. The molecule has 1 atom stereocenters. The first-order chi connectivity index (χ1) is 12.7. The number of morpholine rings is 1. The van der Waals surface area contributed by atoms with E-state index in [1.165, 1.54) is 0 Å². The van der Waals surface area contributed by atoms with Gasteiger partial charge in [0.25, 0.3) is 0 Å². The van der Waals surface area contributed by atoms with Gasteiger partial charge in [-0.2, -0.15) is 0 Å². The molecule has 1 aliphatic heterocycles. The van der Waals surface area contributed by atoms with Gasteiger partial charge >= 0.3 is 0 Å². The second-order valence-electron chi connectivity index (χ2n) is 6.32. The van der Waals surface area contributed by atoms with E-state index in [1.54, 1.807) is 12.4 Å². The van der Waals surface area contributed by atoms with E-state index in [-0.39, 0.29) is 12.0 Å². The molecule has 2 N–H and O–H groups in total. The van der Waals surface area contributed by atoms with Crippen LogP contribution in [-0.2, 0) is 9.53 Å². The van der Waals surface area contributed by atoms with Crippen molar-refractivity contribution in [3.8, 4) is 11.3 Å². The Morgan fingerprint density at radius 2 is 2.19 bits per heavy atom. The molecule has 0 radical (unpaired) electrons. The highest BCUT2D eigenvalue weighted by Crippen LogP contribution is 2.26. The van der Waals surface area contributed by atoms with E-state index in [2.05, 4.69) is 20.6 Å². The van der Waals surface area contributed by atoms with Crippen LogP contribution in [0.1, 0.15) is 12.3 Å². The molecule has 1 aliphatic rings. The molecule has 1 amide bonds. The molecule has 26 heavy (non-hydrogen) atoms. The van der Waals surface area contributed by atoms with Gasteiger partial charge in [0, 0.05) is 37.2 Å². The zero-order chi connectivity index (χ0) is 17.9. The van der Waals surface area contributed by atoms with Gasteiger partial charge in [0.1, 0.15) is 5.82 Å². The fraction of sp³-hybridized carbons (Fsp3) is 0.316. The number of hydrogen-bond donors (Lipinski definition) is 2. The molecule has 7 nitrogen and oxygen atoms in total. The third kappa shape index (κ3) is 3.74. The molecule has 134 valence electrons. The summed E-state index contributed by atoms with van der Waals surface area (Å²) in [6.45, 7) is 3.97. The van der Waals surface area contributed by atoms with Crippen molar-refractivity contribution in [2.45, 2.75) is 19.4 Å². The number of aryl methyl sites for hydroxylation is 1. The first kappa shape index (κ1) is 16.7. The van der Waals surface area contributed by atoms with Gasteiger partial charge in [0.05, 0.1) is 25.3 Å². The molecule has 4 rings (SSSR count). The molecule has 3 heterocycles. The zero-order valence-electron chi connectivity index (χ0n) is 14.5. The summed E-state index contributed by atoms with van der Waals surface area (Å²) in [4.78, 5) is 20.7. The minimum Gasteiger partial charge on any atom is -0.441 e. The summed E-state index contributed by atoms with van der Waals surface area (Å²) in [5.74, 6) is 1.76. The quantitative estimate of drug-likeness (QED) is 0.750. The molecule has 0 spiro atoms. The highest BCUT2D eigenvalue weighted by atomic mass is 16.5. The van der Waals surface area contributed by atoms with Crippen LogP contribution < -0.4 is 10.6 Å². The second-order valence-corrected chi connectivity index (χ2v) is 6.32. The largest absolute Gasteiger partial charge is 0.441 e. The number of aromatic nitrogens is 2. The van der Waals surface area contributed by atoms with E-state index < -0.39 is 0 Å². The lowest BCUT2D eigenvalue weighted by atomic mass is 10.1. The van der Waals surface area contributed by atoms with Gasteiger partial charge in [-0.25, -0.2) is 9.97 Å². The number of carbonyl (C=O) groups excluding carboxylic acids is 1. The van der Waals surface area contributed by atoms with Crippen LogP contribution in [0.4, 0.5) is 5.82 Å². The van der Waals surface area contributed by atoms with Crippen LogP contribution >= 0.6 is 0 Å². The molecule has 1 saturated heterocycles. The van der Waals surface area contributed by atoms with Crippen molar-refractivity contribution < 1.29 is 13.9 Å². The van der Waals surface area contributed by atoms with Crippen molar-refractivity contribution in [2.75, 3.05) is 25.0 Å². The standard InChI is InChI=1S/C19H20N4O3/c1-12-21-11-17(26-12)13-2-3-14-9-22-18(7-15(14)6-13)23-19(24)8-16-10-20-4-5-25-16/h2-3,6-7,9,11,16,20H,4-5,8,10H2,1H3,(H,22,23,24). The normalized spacial score (nSPS) is 17.3. The number of nitrogens with zero attached hydrogens (tertiary/aromatic N) is 2. The Labute approximate surface area is 150 Å². The van der Waals surface area contributed by atoms with Crippen molar-refractivity contribution in [1.82, 2.24) is 15.3 Å². The van der Waals surface area contributed by atoms with Crippen molar-refractivity contribution >= 4 is 22.5 Å². The van der Waals surface area contributed by atoms with Crippen molar-refractivity contribution in [2.24, 2.45) is 0 Å². The van der Waals surface area contributed by atoms with Gasteiger partial charge in [0.15, 0.2) is 11.7 Å². The average Bonchev–Trinajstić information content (AvgIpc) is 3.08. The van der Waals surface area contributed by atoms with Crippen LogP contribution in [0.2, 0.25) is 0 Å². The smallest absolute Gasteiger partial charge is 0.228 e. The Balaban J connectivity index is 1.51. The predicted octanol–water partition coefficient (Wildman–Crippen LogP) is 2.52. The molecular formula is C19H20N4O3. The monoisotopic (exact) mass is 352 g/mol. The first-order valence-electron chi connectivity index (χ1n) is 8.62. The molecule has 0 saturated carbocycles. The number of ether oxygens (including phenoxy) is 1. The molecule has 1 aromatic carbocycles. The lowest BCUT2D eigenvalue weighted by Gasteiger charge is -2.22. The molecule has 1 fully saturated rings. The Morgan fingerprint density at radius 3 is 2.96 bits per heavy atom. The lowest BCUT2D eigenvalue weighted by molar-refractivity contribution is -0.119. The maximum Gasteiger partial charge on any atom is 0.228 e. The van der Waals surface area contributed by atoms with Gasteiger partial charge in [-0.3, -0.25) is 4.79 Å². The number of amides is 1. The minimum absolute atomic E-state index is 0.0921. The summed E-state index contributed by atoms with van der Waals surface area (Å²) < 4.78 is 11.1. The highest BCUT2D eigenvalue weighted by Gasteiger charge is 2.17. The summed E-state index contributed by atoms with van der Waals surface area (Å²) in [6, 6.07) is 7.80. The van der Waals surface area contributed by atoms with Crippen LogP contribution in [0.3, 0.4) is 0 Å². The number of carbonyl (C=O) groups is 1. The van der Waals surface area contributed by atoms with Crippen LogP contribution in [-0.4, -0.2) is 41.7 Å². The Morgan fingerprint density at radius 1 is 1.27 bits per heavy atom.